The van der Waals surface area contributed by atoms with Crippen LogP contribution in [0.25, 0.3) is 11.2 Å². The molecule has 2 N–H and O–H groups in total. The minimum Gasteiger partial charge on any atom is -0.383 e. The van der Waals surface area contributed by atoms with Crippen molar-refractivity contribution in [3.63, 3.8) is 0 Å². The molecule has 1 aliphatic carbocycles. The number of carbonyl (C=O) groups is 1. The fourth-order valence-corrected chi connectivity index (χ4v) is 3.47. The van der Waals surface area contributed by atoms with Gasteiger partial charge in [0.05, 0.1) is 17.7 Å². The molecule has 1 atom stereocenters. The largest absolute Gasteiger partial charge is 0.417 e. The maximum absolute atomic E-state index is 13.0. The molecule has 0 bridgehead atoms. The van der Waals surface area contributed by atoms with Crippen molar-refractivity contribution in [2.75, 3.05) is 5.32 Å². The molecule has 1 aliphatic rings. The number of pyridine rings is 2. The average molecular weight is 419 g/mol. The third kappa shape index (κ3) is 3.87. The van der Waals surface area contributed by atoms with E-state index >= 15 is 0 Å². The van der Waals surface area contributed by atoms with Gasteiger partial charge in [-0.05, 0) is 44.4 Å². The lowest BCUT2D eigenvalue weighted by atomic mass is 9.93. The van der Waals surface area contributed by atoms with Crippen molar-refractivity contribution in [3.8, 4) is 0 Å². The molecular formula is C20H20F3N5O2. The topological polar surface area (TPSA) is 92.9 Å². The lowest BCUT2D eigenvalue weighted by Crippen LogP contribution is -2.30. The number of rotatable bonds is 5. The van der Waals surface area contributed by atoms with Crippen LogP contribution in [0, 0.1) is 0 Å². The highest BCUT2D eigenvalue weighted by Crippen LogP contribution is 2.38. The van der Waals surface area contributed by atoms with Crippen molar-refractivity contribution in [2.24, 2.45) is 0 Å². The minimum absolute atomic E-state index is 0.00540. The number of halogens is 3. The van der Waals surface area contributed by atoms with E-state index in [1.807, 2.05) is 0 Å². The Labute approximate surface area is 170 Å². The molecule has 0 saturated heterocycles. The summed E-state index contributed by atoms with van der Waals surface area (Å²) in [5.41, 5.74) is -1.73. The Bertz CT molecular complexity index is 1080. The molecule has 0 aromatic carbocycles. The van der Waals surface area contributed by atoms with Crippen LogP contribution in [0.5, 0.6) is 0 Å². The van der Waals surface area contributed by atoms with Crippen LogP contribution in [0.4, 0.5) is 19.1 Å². The normalized spacial score (nSPS) is 16.8. The molecule has 1 amide bonds. The molecular weight excluding hydrogens is 399 g/mol. The van der Waals surface area contributed by atoms with E-state index in [-0.39, 0.29) is 23.9 Å². The summed E-state index contributed by atoms with van der Waals surface area (Å²) >= 11 is 0. The molecule has 10 heteroatoms. The predicted molar refractivity (Wildman–Crippen MR) is 102 cm³/mol. The van der Waals surface area contributed by atoms with E-state index in [4.69, 9.17) is 0 Å². The van der Waals surface area contributed by atoms with Gasteiger partial charge >= 0.3 is 6.18 Å². The van der Waals surface area contributed by atoms with E-state index in [9.17, 15) is 23.1 Å². The Balaban J connectivity index is 1.63. The Hall–Kier alpha value is -3.01. The van der Waals surface area contributed by atoms with Gasteiger partial charge in [0, 0.05) is 18.4 Å². The van der Waals surface area contributed by atoms with E-state index in [1.54, 1.807) is 22.8 Å². The number of hydrogen-bond donors (Lipinski definition) is 2. The van der Waals surface area contributed by atoms with Crippen LogP contribution in [-0.2, 0) is 16.6 Å². The monoisotopic (exact) mass is 419 g/mol. The Morgan fingerprint density at radius 3 is 2.67 bits per heavy atom. The predicted octanol–water partition coefficient (Wildman–Crippen LogP) is 3.81. The van der Waals surface area contributed by atoms with Gasteiger partial charge in [0.1, 0.15) is 11.1 Å². The van der Waals surface area contributed by atoms with Crippen LogP contribution in [-0.4, -0.2) is 30.5 Å². The smallest absolute Gasteiger partial charge is 0.383 e. The van der Waals surface area contributed by atoms with Gasteiger partial charge in [0.25, 0.3) is 0 Å². The summed E-state index contributed by atoms with van der Waals surface area (Å²) < 4.78 is 40.8. The fourth-order valence-electron chi connectivity index (χ4n) is 3.47. The first-order chi connectivity index (χ1) is 14.1. The number of imidazole rings is 1. The number of anilines is 1. The highest BCUT2D eigenvalue weighted by Gasteiger charge is 2.34. The van der Waals surface area contributed by atoms with Crippen molar-refractivity contribution >= 4 is 23.0 Å². The van der Waals surface area contributed by atoms with E-state index < -0.39 is 23.2 Å². The van der Waals surface area contributed by atoms with E-state index in [0.717, 1.165) is 31.5 Å². The molecule has 4 rings (SSSR count). The Morgan fingerprint density at radius 1 is 1.30 bits per heavy atom. The van der Waals surface area contributed by atoms with Crippen molar-refractivity contribution in [2.45, 2.75) is 50.4 Å². The number of nitrogens with one attached hydrogen (secondary N) is 1. The van der Waals surface area contributed by atoms with Crippen molar-refractivity contribution in [1.29, 1.82) is 0 Å². The maximum Gasteiger partial charge on any atom is 0.417 e. The summed E-state index contributed by atoms with van der Waals surface area (Å²) in [4.78, 5) is 24.9. The van der Waals surface area contributed by atoms with Crippen LogP contribution >= 0.6 is 0 Å². The number of nitrogens with zero attached hydrogens (tertiary/aromatic N) is 4. The number of hydrogen-bond acceptors (Lipinski definition) is 5. The molecule has 3 aromatic heterocycles. The zero-order chi connectivity index (χ0) is 21.5. The molecule has 0 aliphatic heterocycles. The minimum atomic E-state index is -4.54. The standard InChI is InChI=1S/C20H20F3N5O2/c1-19(30,15-7-2-3-8-24-15)10-16(29)27-18-26-14-9-12(20(21,22)23)11-25-17(14)28(18)13-5-4-6-13/h2-3,7-9,11,13,30H,4-6,10H2,1H3,(H,26,27,29). The number of amides is 1. The zero-order valence-corrected chi connectivity index (χ0v) is 16.1. The molecule has 3 heterocycles. The number of alkyl halides is 3. The molecule has 3 aromatic rings. The average Bonchev–Trinajstić information content (AvgIpc) is 2.97. The first-order valence-corrected chi connectivity index (χ1v) is 9.54. The van der Waals surface area contributed by atoms with Crippen molar-refractivity contribution < 1.29 is 23.1 Å². The van der Waals surface area contributed by atoms with Gasteiger partial charge in [-0.25, -0.2) is 9.97 Å². The van der Waals surface area contributed by atoms with Gasteiger partial charge in [0.15, 0.2) is 5.65 Å². The van der Waals surface area contributed by atoms with E-state index in [0.29, 0.717) is 11.3 Å². The molecule has 1 fully saturated rings. The number of fused-ring (bicyclic) bond motifs is 1. The summed E-state index contributed by atoms with van der Waals surface area (Å²) in [7, 11) is 0. The summed E-state index contributed by atoms with van der Waals surface area (Å²) in [5, 5.41) is 13.3. The molecule has 30 heavy (non-hydrogen) atoms. The maximum atomic E-state index is 13.0. The molecule has 7 nitrogen and oxygen atoms in total. The molecule has 0 spiro atoms. The first-order valence-electron chi connectivity index (χ1n) is 9.54. The van der Waals surface area contributed by atoms with Gasteiger partial charge in [-0.2, -0.15) is 13.2 Å². The summed E-state index contributed by atoms with van der Waals surface area (Å²) in [6, 6.07) is 5.94. The molecule has 1 unspecified atom stereocenters. The van der Waals surface area contributed by atoms with Gasteiger partial charge < -0.3 is 5.11 Å². The summed E-state index contributed by atoms with van der Waals surface area (Å²) in [5.74, 6) is -0.402. The lowest BCUT2D eigenvalue weighted by molar-refractivity contribution is -0.137. The molecule has 1 saturated carbocycles. The van der Waals surface area contributed by atoms with Crippen LogP contribution < -0.4 is 5.32 Å². The molecule has 0 radical (unpaired) electrons. The second kappa shape index (κ2) is 7.35. The van der Waals surface area contributed by atoms with Gasteiger partial charge in [-0.1, -0.05) is 6.07 Å². The van der Waals surface area contributed by atoms with Crippen LogP contribution in [0.3, 0.4) is 0 Å². The second-order valence-electron chi connectivity index (χ2n) is 7.67. The number of aromatic nitrogens is 4. The Kier molecular flexibility index (Phi) is 4.97. The number of aliphatic hydroxyl groups is 1. The third-order valence-electron chi connectivity index (χ3n) is 5.27. The summed E-state index contributed by atoms with van der Waals surface area (Å²) in [6.45, 7) is 1.47. The van der Waals surface area contributed by atoms with Crippen LogP contribution in [0.15, 0.2) is 36.7 Å². The lowest BCUT2D eigenvalue weighted by Gasteiger charge is -2.29. The van der Waals surface area contributed by atoms with Crippen LogP contribution in [0.1, 0.15) is 49.9 Å². The van der Waals surface area contributed by atoms with Crippen molar-refractivity contribution in [1.82, 2.24) is 19.5 Å². The second-order valence-corrected chi connectivity index (χ2v) is 7.67. The number of carbonyl (C=O) groups excluding carboxylic acids is 1. The van der Waals surface area contributed by atoms with Crippen LogP contribution in [0.2, 0.25) is 0 Å². The van der Waals surface area contributed by atoms with Crippen molar-refractivity contribution in [3.05, 3.63) is 47.9 Å². The van der Waals surface area contributed by atoms with E-state index in [1.165, 1.54) is 13.1 Å². The zero-order valence-electron chi connectivity index (χ0n) is 16.1. The fraction of sp³-hybridized carbons (Fsp3) is 0.400. The summed E-state index contributed by atoms with van der Waals surface area (Å²) in [6.07, 6.45) is 0.0851. The quantitative estimate of drug-likeness (QED) is 0.656. The Morgan fingerprint density at radius 2 is 2.07 bits per heavy atom. The highest BCUT2D eigenvalue weighted by molar-refractivity contribution is 5.91. The van der Waals surface area contributed by atoms with Gasteiger partial charge in [0.2, 0.25) is 11.9 Å². The van der Waals surface area contributed by atoms with Gasteiger partial charge in [-0.15, -0.1) is 0 Å². The highest BCUT2D eigenvalue weighted by atomic mass is 19.4. The SMILES string of the molecule is CC(O)(CC(=O)Nc1nc2cc(C(F)(F)F)cnc2n1C1CCC1)c1ccccn1. The van der Waals surface area contributed by atoms with E-state index in [2.05, 4.69) is 20.3 Å². The first kappa shape index (κ1) is 20.3. The third-order valence-corrected chi connectivity index (χ3v) is 5.27. The van der Waals surface area contributed by atoms with Gasteiger partial charge in [-0.3, -0.25) is 19.7 Å². The molecule has 158 valence electrons.